The van der Waals surface area contributed by atoms with Crippen LogP contribution in [0.3, 0.4) is 0 Å². The second kappa shape index (κ2) is 5.12. The topological polar surface area (TPSA) is 0 Å². The number of rotatable bonds is 1. The molecule has 1 aromatic rings. The maximum Gasteiger partial charge on any atom is 0.0229 e. The average Bonchev–Trinajstić information content (AvgIpc) is 2.97. The van der Waals surface area contributed by atoms with Gasteiger partial charge in [-0.15, -0.1) is 0 Å². The molecule has 112 valence electrons. The summed E-state index contributed by atoms with van der Waals surface area (Å²) in [5, 5.41) is 0. The van der Waals surface area contributed by atoms with E-state index in [9.17, 15) is 0 Å². The zero-order valence-corrected chi connectivity index (χ0v) is 13.8. The minimum absolute atomic E-state index is 0.577. The van der Waals surface area contributed by atoms with Gasteiger partial charge in [0.05, 0.1) is 0 Å². The first-order valence-electron chi connectivity index (χ1n) is 8.48. The Morgan fingerprint density at radius 2 is 1.73 bits per heavy atom. The van der Waals surface area contributed by atoms with Crippen LogP contribution >= 0.6 is 0 Å². The molecule has 22 heavy (non-hydrogen) atoms. The molecule has 0 N–H and O–H groups in total. The van der Waals surface area contributed by atoms with E-state index >= 15 is 0 Å². The van der Waals surface area contributed by atoms with E-state index in [0.717, 1.165) is 0 Å². The van der Waals surface area contributed by atoms with Gasteiger partial charge in [0.15, 0.2) is 0 Å². The summed E-state index contributed by atoms with van der Waals surface area (Å²) in [7, 11) is 0. The van der Waals surface area contributed by atoms with Crippen LogP contribution in [0.1, 0.15) is 51.5 Å². The first kappa shape index (κ1) is 13.8. The van der Waals surface area contributed by atoms with Crippen LogP contribution in [0.5, 0.6) is 0 Å². The molecule has 3 aliphatic rings. The smallest absolute Gasteiger partial charge is 0.0229 e. The molecular weight excluding hydrogens is 264 g/mol. The molecule has 0 radical (unpaired) electrons. The second-order valence-electron chi connectivity index (χ2n) is 7.11. The molecule has 0 heterocycles. The van der Waals surface area contributed by atoms with E-state index in [2.05, 4.69) is 63.3 Å². The van der Waals surface area contributed by atoms with Gasteiger partial charge in [-0.05, 0) is 56.7 Å². The van der Waals surface area contributed by atoms with Crippen molar-refractivity contribution in [2.75, 3.05) is 0 Å². The van der Waals surface area contributed by atoms with Gasteiger partial charge in [-0.1, -0.05) is 64.8 Å². The molecule has 0 amide bonds. The Morgan fingerprint density at radius 3 is 2.50 bits per heavy atom. The average molecular weight is 288 g/mol. The lowest BCUT2D eigenvalue weighted by molar-refractivity contribution is 0.702. The van der Waals surface area contributed by atoms with Crippen molar-refractivity contribution in [3.8, 4) is 0 Å². The molecule has 0 aliphatic heterocycles. The first-order valence-corrected chi connectivity index (χ1v) is 8.48. The minimum atomic E-state index is 0.577. The largest absolute Gasteiger partial charge is 0.0660 e. The number of hydrogen-bond donors (Lipinski definition) is 0. The fraction of sp³-hybridized carbons (Fsp3) is 0.364. The predicted molar refractivity (Wildman–Crippen MR) is 93.8 cm³/mol. The van der Waals surface area contributed by atoms with Gasteiger partial charge in [0.2, 0.25) is 0 Å². The van der Waals surface area contributed by atoms with Crippen molar-refractivity contribution in [2.24, 2.45) is 5.92 Å². The van der Waals surface area contributed by atoms with Gasteiger partial charge in [0.25, 0.3) is 0 Å². The highest BCUT2D eigenvalue weighted by Crippen LogP contribution is 2.52. The summed E-state index contributed by atoms with van der Waals surface area (Å²) >= 11 is 0. The molecule has 0 fully saturated rings. The number of allylic oxidation sites excluding steroid dienone is 8. The summed E-state index contributed by atoms with van der Waals surface area (Å²) in [5.41, 5.74) is 11.2. The van der Waals surface area contributed by atoms with Crippen molar-refractivity contribution in [1.29, 1.82) is 0 Å². The van der Waals surface area contributed by atoms with Crippen LogP contribution in [0.4, 0.5) is 0 Å². The molecule has 3 aliphatic carbocycles. The lowest BCUT2D eigenvalue weighted by Gasteiger charge is -2.21. The lowest BCUT2D eigenvalue weighted by atomic mass is 9.82. The predicted octanol–water partition coefficient (Wildman–Crippen LogP) is 6.10. The molecule has 0 saturated heterocycles. The Kier molecular flexibility index (Phi) is 3.22. The third kappa shape index (κ3) is 1.97. The summed E-state index contributed by atoms with van der Waals surface area (Å²) in [4.78, 5) is 0. The van der Waals surface area contributed by atoms with Crippen LogP contribution in [0.15, 0.2) is 75.9 Å². The zero-order chi connectivity index (χ0) is 15.3. The van der Waals surface area contributed by atoms with Gasteiger partial charge >= 0.3 is 0 Å². The molecule has 2 atom stereocenters. The molecule has 4 rings (SSSR count). The SMILES string of the molecule is CC1=CC=C2CCC(c3ccccc3)C3=C(CC(C)=C3C)C12. The Balaban J connectivity index is 1.88. The fourth-order valence-electron chi connectivity index (χ4n) is 4.65. The van der Waals surface area contributed by atoms with Crippen molar-refractivity contribution in [1.82, 2.24) is 0 Å². The Bertz CT molecular complexity index is 738. The number of fused-ring (bicyclic) bond motifs is 2. The van der Waals surface area contributed by atoms with E-state index in [1.54, 1.807) is 33.4 Å². The normalized spacial score (nSPS) is 27.4. The van der Waals surface area contributed by atoms with Gasteiger partial charge < -0.3 is 0 Å². The zero-order valence-electron chi connectivity index (χ0n) is 13.8. The molecule has 0 nitrogen and oxygen atoms in total. The van der Waals surface area contributed by atoms with Crippen LogP contribution in [0.25, 0.3) is 0 Å². The quantitative estimate of drug-likeness (QED) is 0.585. The summed E-state index contributed by atoms with van der Waals surface area (Å²) in [5.74, 6) is 1.17. The van der Waals surface area contributed by atoms with Crippen LogP contribution in [0.2, 0.25) is 0 Å². The van der Waals surface area contributed by atoms with Gasteiger partial charge in [-0.25, -0.2) is 0 Å². The van der Waals surface area contributed by atoms with Crippen molar-refractivity contribution >= 4 is 0 Å². The highest BCUT2D eigenvalue weighted by Gasteiger charge is 2.36. The summed E-state index contributed by atoms with van der Waals surface area (Å²) < 4.78 is 0. The highest BCUT2D eigenvalue weighted by atomic mass is 14.4. The van der Waals surface area contributed by atoms with Gasteiger partial charge in [-0.3, -0.25) is 0 Å². The molecule has 1 aromatic carbocycles. The first-order chi connectivity index (χ1) is 10.7. The third-order valence-corrected chi connectivity index (χ3v) is 5.85. The molecule has 0 spiro atoms. The van der Waals surface area contributed by atoms with E-state index in [4.69, 9.17) is 0 Å². The van der Waals surface area contributed by atoms with Crippen LogP contribution in [-0.2, 0) is 0 Å². The van der Waals surface area contributed by atoms with Gasteiger partial charge in [0.1, 0.15) is 0 Å². The molecular formula is C22H24. The van der Waals surface area contributed by atoms with Crippen LogP contribution < -0.4 is 0 Å². The van der Waals surface area contributed by atoms with E-state index in [0.29, 0.717) is 11.8 Å². The second-order valence-corrected chi connectivity index (χ2v) is 7.11. The number of benzene rings is 1. The Hall–Kier alpha value is -1.82. The van der Waals surface area contributed by atoms with E-state index in [1.165, 1.54) is 24.8 Å². The molecule has 0 bridgehead atoms. The summed E-state index contributed by atoms with van der Waals surface area (Å²) in [6.45, 7) is 6.98. The molecule has 0 saturated carbocycles. The molecule has 2 unspecified atom stereocenters. The monoisotopic (exact) mass is 288 g/mol. The van der Waals surface area contributed by atoms with Gasteiger partial charge in [0, 0.05) is 11.8 Å². The van der Waals surface area contributed by atoms with Crippen LogP contribution in [-0.4, -0.2) is 0 Å². The van der Waals surface area contributed by atoms with Crippen molar-refractivity contribution in [2.45, 2.75) is 46.0 Å². The van der Waals surface area contributed by atoms with E-state index in [1.807, 2.05) is 0 Å². The van der Waals surface area contributed by atoms with Crippen LogP contribution in [0, 0.1) is 5.92 Å². The standard InChI is InChI=1S/C22H24/c1-14-9-10-18-11-12-19(17-7-5-4-6-8-17)22-16(3)15(2)13-20(22)21(14)18/h4-10,19,21H,11-13H2,1-3H3. The minimum Gasteiger partial charge on any atom is -0.0660 e. The number of hydrogen-bond acceptors (Lipinski definition) is 0. The maximum absolute atomic E-state index is 2.39. The van der Waals surface area contributed by atoms with Crippen molar-refractivity contribution in [3.63, 3.8) is 0 Å². The molecule has 0 heteroatoms. The third-order valence-electron chi connectivity index (χ3n) is 5.85. The highest BCUT2D eigenvalue weighted by molar-refractivity contribution is 5.58. The van der Waals surface area contributed by atoms with E-state index < -0.39 is 0 Å². The van der Waals surface area contributed by atoms with Gasteiger partial charge in [-0.2, -0.15) is 0 Å². The Morgan fingerprint density at radius 1 is 0.955 bits per heavy atom. The van der Waals surface area contributed by atoms with Crippen molar-refractivity contribution < 1.29 is 0 Å². The Labute approximate surface area is 133 Å². The van der Waals surface area contributed by atoms with Crippen molar-refractivity contribution in [3.05, 3.63) is 81.5 Å². The summed E-state index contributed by atoms with van der Waals surface area (Å²) in [6, 6.07) is 11.1. The van der Waals surface area contributed by atoms with E-state index in [-0.39, 0.29) is 0 Å². The maximum atomic E-state index is 2.39. The lowest BCUT2D eigenvalue weighted by Crippen LogP contribution is -2.06. The fourth-order valence-corrected chi connectivity index (χ4v) is 4.65. The summed E-state index contributed by atoms with van der Waals surface area (Å²) in [6.07, 6.45) is 8.39. The molecule has 0 aromatic heterocycles.